The molecule has 0 spiro atoms. The Labute approximate surface area is 98.7 Å². The molecule has 2 aromatic heterocycles. The zero-order valence-electron chi connectivity index (χ0n) is 9.42. The van der Waals surface area contributed by atoms with Crippen LogP contribution in [0.25, 0.3) is 0 Å². The summed E-state index contributed by atoms with van der Waals surface area (Å²) < 4.78 is 1.91. The molecule has 2 aromatic rings. The van der Waals surface area contributed by atoms with E-state index in [0.717, 1.165) is 5.56 Å². The van der Waals surface area contributed by atoms with Crippen LogP contribution >= 0.6 is 0 Å². The van der Waals surface area contributed by atoms with Crippen LogP contribution in [0.1, 0.15) is 15.9 Å². The molecule has 88 valence electrons. The van der Waals surface area contributed by atoms with E-state index in [2.05, 4.69) is 10.3 Å². The van der Waals surface area contributed by atoms with E-state index in [1.54, 1.807) is 0 Å². The highest BCUT2D eigenvalue weighted by atomic mass is 16.3. The van der Waals surface area contributed by atoms with E-state index < -0.39 is 0 Å². The number of nitrogens with zero attached hydrogens (tertiary/aromatic N) is 2. The Morgan fingerprint density at radius 3 is 3.00 bits per heavy atom. The minimum atomic E-state index is -0.311. The minimum absolute atomic E-state index is 0.113. The summed E-state index contributed by atoms with van der Waals surface area (Å²) in [6, 6.07) is 3.41. The summed E-state index contributed by atoms with van der Waals surface area (Å²) in [6.07, 6.45) is 6.55. The number of hydrogen-bond donors (Lipinski definition) is 2. The van der Waals surface area contributed by atoms with Gasteiger partial charge < -0.3 is 15.0 Å². The fraction of sp³-hybridized carbons (Fsp3) is 0.167. The first-order valence-corrected chi connectivity index (χ1v) is 5.19. The molecule has 0 unspecified atom stereocenters. The first-order chi connectivity index (χ1) is 8.16. The van der Waals surface area contributed by atoms with Gasteiger partial charge in [-0.1, -0.05) is 0 Å². The lowest BCUT2D eigenvalue weighted by Crippen LogP contribution is -2.22. The molecule has 2 heterocycles. The molecule has 0 fully saturated rings. The second-order valence-corrected chi connectivity index (χ2v) is 3.76. The topological polar surface area (TPSA) is 67.2 Å². The van der Waals surface area contributed by atoms with E-state index in [-0.39, 0.29) is 17.2 Å². The van der Waals surface area contributed by atoms with Gasteiger partial charge in [-0.25, -0.2) is 0 Å². The zero-order valence-corrected chi connectivity index (χ0v) is 9.42. The van der Waals surface area contributed by atoms with E-state index in [4.69, 9.17) is 0 Å². The van der Waals surface area contributed by atoms with Gasteiger partial charge in [-0.15, -0.1) is 0 Å². The summed E-state index contributed by atoms with van der Waals surface area (Å²) in [5.74, 6) is -0.424. The molecule has 2 N–H and O–H groups in total. The number of carbonyl (C=O) groups is 1. The van der Waals surface area contributed by atoms with E-state index in [1.165, 1.54) is 18.5 Å². The predicted molar refractivity (Wildman–Crippen MR) is 62.5 cm³/mol. The number of aromatic nitrogens is 2. The molecule has 17 heavy (non-hydrogen) atoms. The Kier molecular flexibility index (Phi) is 3.09. The van der Waals surface area contributed by atoms with Crippen molar-refractivity contribution >= 4 is 5.91 Å². The largest absolute Gasteiger partial charge is 0.505 e. The Hall–Kier alpha value is -2.30. The van der Waals surface area contributed by atoms with Crippen LogP contribution in [0.4, 0.5) is 0 Å². The molecular formula is C12H13N3O2. The van der Waals surface area contributed by atoms with Crippen LogP contribution in [0.15, 0.2) is 36.9 Å². The standard InChI is InChI=1S/C12H13N3O2/c1-15-5-3-9(8-15)6-14-12(17)10-2-4-13-7-11(10)16/h2-5,7-8,16H,6H2,1H3,(H,14,17). The normalized spacial score (nSPS) is 10.2. The van der Waals surface area contributed by atoms with Crippen molar-refractivity contribution in [3.8, 4) is 5.75 Å². The maximum atomic E-state index is 11.7. The molecule has 0 atom stereocenters. The number of carbonyl (C=O) groups excluding carboxylic acids is 1. The molecule has 0 aliphatic heterocycles. The Morgan fingerprint density at radius 1 is 1.53 bits per heavy atom. The third-order valence-corrected chi connectivity index (χ3v) is 2.39. The number of aromatic hydroxyl groups is 1. The van der Waals surface area contributed by atoms with Crippen molar-refractivity contribution in [2.45, 2.75) is 6.54 Å². The van der Waals surface area contributed by atoms with Crippen LogP contribution in [0.2, 0.25) is 0 Å². The maximum absolute atomic E-state index is 11.7. The zero-order chi connectivity index (χ0) is 12.3. The number of aryl methyl sites for hydroxylation is 1. The lowest BCUT2D eigenvalue weighted by molar-refractivity contribution is 0.0948. The van der Waals surface area contributed by atoms with Crippen molar-refractivity contribution in [2.24, 2.45) is 7.05 Å². The molecule has 0 saturated carbocycles. The molecule has 0 bridgehead atoms. The van der Waals surface area contributed by atoms with Gasteiger partial charge in [-0.05, 0) is 17.7 Å². The highest BCUT2D eigenvalue weighted by Gasteiger charge is 2.10. The molecule has 0 saturated heterocycles. The number of nitrogens with one attached hydrogen (secondary N) is 1. The quantitative estimate of drug-likeness (QED) is 0.829. The van der Waals surface area contributed by atoms with Crippen molar-refractivity contribution in [1.29, 1.82) is 0 Å². The summed E-state index contributed by atoms with van der Waals surface area (Å²) >= 11 is 0. The van der Waals surface area contributed by atoms with Gasteiger partial charge in [0.05, 0.1) is 11.8 Å². The number of rotatable bonds is 3. The second kappa shape index (κ2) is 4.69. The Bertz CT molecular complexity index is 534. The van der Waals surface area contributed by atoms with Crippen LogP contribution in [-0.4, -0.2) is 20.6 Å². The van der Waals surface area contributed by atoms with E-state index in [1.807, 2.05) is 30.1 Å². The van der Waals surface area contributed by atoms with Crippen LogP contribution < -0.4 is 5.32 Å². The fourth-order valence-corrected chi connectivity index (χ4v) is 1.52. The van der Waals surface area contributed by atoms with Crippen molar-refractivity contribution in [1.82, 2.24) is 14.9 Å². The van der Waals surface area contributed by atoms with Crippen molar-refractivity contribution in [2.75, 3.05) is 0 Å². The molecule has 2 rings (SSSR count). The molecule has 0 aliphatic rings. The molecule has 1 amide bonds. The smallest absolute Gasteiger partial charge is 0.255 e. The molecule has 5 nitrogen and oxygen atoms in total. The van der Waals surface area contributed by atoms with Crippen LogP contribution in [0.3, 0.4) is 0 Å². The van der Waals surface area contributed by atoms with Crippen molar-refractivity contribution in [3.05, 3.63) is 48.0 Å². The average molecular weight is 231 g/mol. The Balaban J connectivity index is 2.01. The van der Waals surface area contributed by atoms with Gasteiger partial charge in [-0.2, -0.15) is 0 Å². The second-order valence-electron chi connectivity index (χ2n) is 3.76. The number of hydrogen-bond acceptors (Lipinski definition) is 3. The van der Waals surface area contributed by atoms with Gasteiger partial charge in [0.1, 0.15) is 5.75 Å². The fourth-order valence-electron chi connectivity index (χ4n) is 1.52. The lowest BCUT2D eigenvalue weighted by Gasteiger charge is -2.04. The predicted octanol–water partition coefficient (Wildman–Crippen LogP) is 1.06. The molecule has 5 heteroatoms. The van der Waals surface area contributed by atoms with Crippen LogP contribution in [0, 0.1) is 0 Å². The third kappa shape index (κ3) is 2.63. The highest BCUT2D eigenvalue weighted by molar-refractivity contribution is 5.96. The molecular weight excluding hydrogens is 218 g/mol. The first kappa shape index (κ1) is 11.2. The lowest BCUT2D eigenvalue weighted by atomic mass is 10.2. The maximum Gasteiger partial charge on any atom is 0.255 e. The van der Waals surface area contributed by atoms with Gasteiger partial charge in [-0.3, -0.25) is 9.78 Å². The third-order valence-electron chi connectivity index (χ3n) is 2.39. The summed E-state index contributed by atoms with van der Waals surface area (Å²) in [5.41, 5.74) is 1.24. The molecule has 0 aliphatic carbocycles. The van der Waals surface area contributed by atoms with Crippen LogP contribution in [0.5, 0.6) is 5.75 Å². The van der Waals surface area contributed by atoms with E-state index in [9.17, 15) is 9.90 Å². The van der Waals surface area contributed by atoms with E-state index in [0.29, 0.717) is 6.54 Å². The number of pyridine rings is 1. The summed E-state index contributed by atoms with van der Waals surface area (Å²) in [4.78, 5) is 15.5. The summed E-state index contributed by atoms with van der Waals surface area (Å²) in [5, 5.41) is 12.2. The van der Waals surface area contributed by atoms with Crippen molar-refractivity contribution in [3.63, 3.8) is 0 Å². The Morgan fingerprint density at radius 2 is 2.35 bits per heavy atom. The summed E-state index contributed by atoms with van der Waals surface area (Å²) in [6.45, 7) is 0.432. The first-order valence-electron chi connectivity index (χ1n) is 5.19. The highest BCUT2D eigenvalue weighted by Crippen LogP contribution is 2.13. The number of amides is 1. The van der Waals surface area contributed by atoms with Crippen molar-refractivity contribution < 1.29 is 9.90 Å². The summed E-state index contributed by atoms with van der Waals surface area (Å²) in [7, 11) is 1.92. The van der Waals surface area contributed by atoms with Gasteiger partial charge in [0.25, 0.3) is 5.91 Å². The van der Waals surface area contributed by atoms with Gasteiger partial charge in [0.15, 0.2) is 0 Å². The SMILES string of the molecule is Cn1ccc(CNC(=O)c2ccncc2O)c1. The monoisotopic (exact) mass is 231 g/mol. The molecule has 0 radical (unpaired) electrons. The van der Waals surface area contributed by atoms with Gasteiger partial charge in [0.2, 0.25) is 0 Å². The van der Waals surface area contributed by atoms with Gasteiger partial charge >= 0.3 is 0 Å². The van der Waals surface area contributed by atoms with Gasteiger partial charge in [0, 0.05) is 32.2 Å². The average Bonchev–Trinajstić information content (AvgIpc) is 2.73. The van der Waals surface area contributed by atoms with Crippen LogP contribution in [-0.2, 0) is 13.6 Å². The molecule has 0 aromatic carbocycles. The minimum Gasteiger partial charge on any atom is -0.505 e. The van der Waals surface area contributed by atoms with E-state index >= 15 is 0 Å².